The van der Waals surface area contributed by atoms with Gasteiger partial charge < -0.3 is 22.6 Å². The zero-order valence-electron chi connectivity index (χ0n) is 9.29. The van der Waals surface area contributed by atoms with Crippen molar-refractivity contribution in [2.75, 3.05) is 0 Å². The van der Waals surface area contributed by atoms with Crippen LogP contribution in [-0.4, -0.2) is 15.7 Å². The average molecular weight is 236 g/mol. The lowest BCUT2D eigenvalue weighted by atomic mass is 9.85. The summed E-state index contributed by atoms with van der Waals surface area (Å²) in [5.41, 5.74) is 4.00. The van der Waals surface area contributed by atoms with E-state index < -0.39 is 0 Å². The molecule has 1 heterocycles. The quantitative estimate of drug-likeness (QED) is 0.686. The highest BCUT2D eigenvalue weighted by atomic mass is 35.5. The van der Waals surface area contributed by atoms with Crippen LogP contribution in [0.2, 0.25) is 0 Å². The van der Waals surface area contributed by atoms with E-state index in [-0.39, 0.29) is 20.8 Å². The fourth-order valence-corrected chi connectivity index (χ4v) is 1.57. The molecule has 3 N–H and O–H groups in total. The Morgan fingerprint density at radius 2 is 2.13 bits per heavy atom. The first-order chi connectivity index (χ1) is 6.54. The molecule has 1 saturated carbocycles. The maximum atomic E-state index is 5.60. The molecule has 1 aromatic heterocycles. The third-order valence-corrected chi connectivity index (χ3v) is 2.57. The van der Waals surface area contributed by atoms with Crippen molar-refractivity contribution < 1.29 is 25.4 Å². The zero-order valence-corrected chi connectivity index (χ0v) is 10.0. The van der Waals surface area contributed by atoms with Crippen LogP contribution >= 0.6 is 0 Å². The van der Waals surface area contributed by atoms with Gasteiger partial charge in [-0.05, 0) is 26.7 Å². The highest BCUT2D eigenvalue weighted by Crippen LogP contribution is 2.35. The van der Waals surface area contributed by atoms with Crippen molar-refractivity contribution >= 4 is 0 Å². The minimum atomic E-state index is -0.0244. The van der Waals surface area contributed by atoms with Gasteiger partial charge in [0.2, 0.25) is 11.8 Å². The lowest BCUT2D eigenvalue weighted by Gasteiger charge is -2.20. The van der Waals surface area contributed by atoms with Crippen LogP contribution in [0.1, 0.15) is 53.7 Å². The number of halogens is 1. The molecule has 0 saturated heterocycles. The number of nitrogens with zero attached hydrogens (tertiary/aromatic N) is 2. The lowest BCUT2D eigenvalue weighted by Crippen LogP contribution is -3.00. The van der Waals surface area contributed by atoms with Crippen LogP contribution in [-0.2, 0) is 6.42 Å². The Kier molecular flexibility index (Phi) is 3.73. The van der Waals surface area contributed by atoms with E-state index in [4.69, 9.17) is 4.42 Å². The van der Waals surface area contributed by atoms with E-state index in [9.17, 15) is 0 Å². The summed E-state index contributed by atoms with van der Waals surface area (Å²) in [4.78, 5) is 0. The Labute approximate surface area is 99.0 Å². The third kappa shape index (κ3) is 3.18. The predicted molar refractivity (Wildman–Crippen MR) is 55.8 cm³/mol. The first kappa shape index (κ1) is 12.5. The predicted octanol–water partition coefficient (Wildman–Crippen LogP) is -1.60. The second-order valence-electron chi connectivity index (χ2n) is 5.00. The van der Waals surface area contributed by atoms with Gasteiger partial charge in [0.1, 0.15) is 0 Å². The van der Waals surface area contributed by atoms with Crippen LogP contribution in [0, 0.1) is 0 Å². The Morgan fingerprint density at radius 1 is 1.47 bits per heavy atom. The first-order valence-corrected chi connectivity index (χ1v) is 5.22. The molecular weight excluding hydrogens is 214 g/mol. The molecule has 15 heavy (non-hydrogen) atoms. The second-order valence-corrected chi connectivity index (χ2v) is 5.00. The fraction of sp³-hybridized carbons (Fsp3) is 0.800. The van der Waals surface area contributed by atoms with E-state index in [0.29, 0.717) is 5.92 Å². The van der Waals surface area contributed by atoms with Gasteiger partial charge in [-0.2, -0.15) is 0 Å². The highest BCUT2D eigenvalue weighted by Gasteiger charge is 2.26. The van der Waals surface area contributed by atoms with Crippen molar-refractivity contribution in [1.29, 1.82) is 0 Å². The maximum absolute atomic E-state index is 5.60. The smallest absolute Gasteiger partial charge is 0.222 e. The zero-order chi connectivity index (χ0) is 10.2. The molecule has 0 atom stereocenters. The Hall–Kier alpha value is -0.610. The van der Waals surface area contributed by atoms with E-state index in [1.54, 1.807) is 0 Å². The summed E-state index contributed by atoms with van der Waals surface area (Å²) < 4.78 is 5.60. The van der Waals surface area contributed by atoms with Gasteiger partial charge in [0, 0.05) is 8.77 Å². The molecule has 90 valence electrons. The van der Waals surface area contributed by atoms with Crippen molar-refractivity contribution in [3.05, 3.63) is 11.8 Å². The Balaban J connectivity index is 0. The molecule has 1 aromatic rings. The average Bonchev–Trinajstić information content (AvgIpc) is 2.28. The summed E-state index contributed by atoms with van der Waals surface area (Å²) >= 11 is 0. The molecule has 1 aliphatic rings. The minimum absolute atomic E-state index is 0. The molecule has 0 bridgehead atoms. The molecular formula is C10H22ClN3O. The SMILES string of the molecule is CC(C)([NH3+])Cc1nnc(C2CCC2)o1.[Cl-].[HH].[HH]. The summed E-state index contributed by atoms with van der Waals surface area (Å²) in [6, 6.07) is 0. The summed E-state index contributed by atoms with van der Waals surface area (Å²) in [5.74, 6) is 2.09. The van der Waals surface area contributed by atoms with Crippen LogP contribution in [0.4, 0.5) is 0 Å². The number of rotatable bonds is 3. The van der Waals surface area contributed by atoms with Gasteiger partial charge in [-0.3, -0.25) is 0 Å². The monoisotopic (exact) mass is 235 g/mol. The molecule has 0 aliphatic heterocycles. The highest BCUT2D eigenvalue weighted by molar-refractivity contribution is 4.97. The Bertz CT molecular complexity index is 324. The number of quaternary nitrogens is 1. The molecule has 1 aliphatic carbocycles. The number of aromatic nitrogens is 2. The van der Waals surface area contributed by atoms with E-state index in [1.165, 1.54) is 19.3 Å². The van der Waals surface area contributed by atoms with Crippen LogP contribution in [0.3, 0.4) is 0 Å². The summed E-state index contributed by atoms with van der Waals surface area (Å²) in [6.07, 6.45) is 4.46. The van der Waals surface area contributed by atoms with Crippen LogP contribution in [0.25, 0.3) is 0 Å². The molecule has 0 amide bonds. The van der Waals surface area contributed by atoms with Crippen molar-refractivity contribution in [1.82, 2.24) is 10.2 Å². The van der Waals surface area contributed by atoms with E-state index in [2.05, 4.69) is 29.8 Å². The van der Waals surface area contributed by atoms with Crippen LogP contribution < -0.4 is 18.1 Å². The molecule has 0 radical (unpaired) electrons. The van der Waals surface area contributed by atoms with Crippen molar-refractivity contribution in [3.8, 4) is 0 Å². The van der Waals surface area contributed by atoms with Crippen LogP contribution in [0.15, 0.2) is 4.42 Å². The molecule has 4 nitrogen and oxygen atoms in total. The van der Waals surface area contributed by atoms with Gasteiger partial charge in [-0.15, -0.1) is 10.2 Å². The topological polar surface area (TPSA) is 66.6 Å². The van der Waals surface area contributed by atoms with Crippen LogP contribution in [0.5, 0.6) is 0 Å². The number of hydrogen-bond acceptors (Lipinski definition) is 3. The van der Waals surface area contributed by atoms with E-state index in [0.717, 1.165) is 18.2 Å². The van der Waals surface area contributed by atoms with Gasteiger partial charge in [-0.1, -0.05) is 6.42 Å². The van der Waals surface area contributed by atoms with Gasteiger partial charge in [0.15, 0.2) is 0 Å². The van der Waals surface area contributed by atoms with Gasteiger partial charge >= 0.3 is 0 Å². The normalized spacial score (nSPS) is 17.0. The van der Waals surface area contributed by atoms with E-state index >= 15 is 0 Å². The minimum Gasteiger partial charge on any atom is -1.00 e. The molecule has 0 unspecified atom stereocenters. The fourth-order valence-electron chi connectivity index (χ4n) is 1.57. The third-order valence-electron chi connectivity index (χ3n) is 2.57. The molecule has 5 heteroatoms. The Morgan fingerprint density at radius 3 is 2.60 bits per heavy atom. The molecule has 1 fully saturated rings. The molecule has 0 spiro atoms. The molecule has 2 rings (SSSR count). The maximum Gasteiger partial charge on any atom is 0.222 e. The van der Waals surface area contributed by atoms with Gasteiger partial charge in [0.25, 0.3) is 0 Å². The van der Waals surface area contributed by atoms with Gasteiger partial charge in [0.05, 0.1) is 12.0 Å². The van der Waals surface area contributed by atoms with Gasteiger partial charge in [-0.25, -0.2) is 0 Å². The molecule has 0 aromatic carbocycles. The standard InChI is InChI=1S/C10H17N3O.ClH.2H2/c1-10(2,11)6-8-12-13-9(14-8)7-4-3-5-7;;;/h7H,3-6,11H2,1-2H3;3*1H. The van der Waals surface area contributed by atoms with Crippen molar-refractivity contribution in [2.45, 2.75) is 51.0 Å². The summed E-state index contributed by atoms with van der Waals surface area (Å²) in [6.45, 7) is 4.14. The first-order valence-electron chi connectivity index (χ1n) is 5.22. The lowest BCUT2D eigenvalue weighted by molar-refractivity contribution is -0.465. The second kappa shape index (κ2) is 4.49. The number of hydrogen-bond donors (Lipinski definition) is 1. The van der Waals surface area contributed by atoms with E-state index in [1.807, 2.05) is 0 Å². The van der Waals surface area contributed by atoms with Crippen molar-refractivity contribution in [3.63, 3.8) is 0 Å². The van der Waals surface area contributed by atoms with Crippen molar-refractivity contribution in [2.24, 2.45) is 0 Å². The summed E-state index contributed by atoms with van der Waals surface area (Å²) in [7, 11) is 0. The summed E-state index contributed by atoms with van der Waals surface area (Å²) in [5, 5.41) is 8.13. The largest absolute Gasteiger partial charge is 1.00 e.